The van der Waals surface area contributed by atoms with Gasteiger partial charge in [0, 0.05) is 16.1 Å². The van der Waals surface area contributed by atoms with Crippen molar-refractivity contribution in [3.05, 3.63) is 53.0 Å². The molecule has 1 saturated carbocycles. The molecule has 2 aliphatic rings. The lowest BCUT2D eigenvalue weighted by atomic mass is 9.93. The Bertz CT molecular complexity index is 752. The minimum atomic E-state index is 0.153. The van der Waals surface area contributed by atoms with Crippen molar-refractivity contribution in [1.29, 1.82) is 0 Å². The second-order valence-electron chi connectivity index (χ2n) is 6.08. The predicted molar refractivity (Wildman–Crippen MR) is 89.1 cm³/mol. The molecule has 0 aromatic heterocycles. The summed E-state index contributed by atoms with van der Waals surface area (Å²) in [5, 5.41) is 5.40. The Morgan fingerprint density at radius 2 is 1.86 bits per heavy atom. The normalized spacial score (nSPS) is 26.4. The van der Waals surface area contributed by atoms with Gasteiger partial charge in [-0.2, -0.15) is 0 Å². The van der Waals surface area contributed by atoms with Crippen molar-refractivity contribution in [1.82, 2.24) is 0 Å². The van der Waals surface area contributed by atoms with Gasteiger partial charge >= 0.3 is 0 Å². The van der Waals surface area contributed by atoms with Gasteiger partial charge in [0.2, 0.25) is 5.91 Å². The molecule has 1 amide bonds. The Morgan fingerprint density at radius 1 is 1.05 bits per heavy atom. The van der Waals surface area contributed by atoms with Gasteiger partial charge in [-0.3, -0.25) is 4.79 Å². The van der Waals surface area contributed by atoms with Crippen LogP contribution in [0.5, 0.6) is 0 Å². The average Bonchev–Trinajstić information content (AvgIpc) is 3.10. The first-order valence-electron chi connectivity index (χ1n) is 7.37. The highest BCUT2D eigenvalue weighted by Crippen LogP contribution is 2.43. The summed E-state index contributed by atoms with van der Waals surface area (Å²) in [6.07, 6.45) is 6.65. The number of halogens is 1. The Hall–Kier alpha value is -1.61. The number of fused-ring (bicyclic) bond motifs is 3. The second kappa shape index (κ2) is 4.99. The van der Waals surface area contributed by atoms with Crippen molar-refractivity contribution in [2.75, 3.05) is 5.32 Å². The molecule has 0 heterocycles. The van der Waals surface area contributed by atoms with E-state index in [0.29, 0.717) is 11.8 Å². The monoisotopic (exact) mass is 341 g/mol. The molecule has 0 aliphatic heterocycles. The lowest BCUT2D eigenvalue weighted by Gasteiger charge is -2.17. The van der Waals surface area contributed by atoms with Crippen molar-refractivity contribution in [3.8, 4) is 0 Å². The van der Waals surface area contributed by atoms with E-state index in [0.717, 1.165) is 28.4 Å². The number of allylic oxidation sites excluding steroid dienone is 2. The SMILES string of the molecule is O=C(Nc1ccc2cc(Br)ccc2c1)C1CC2C=CC1C2. The molecule has 2 bridgehead atoms. The molecule has 2 aromatic carbocycles. The van der Waals surface area contributed by atoms with E-state index in [4.69, 9.17) is 0 Å². The minimum absolute atomic E-state index is 0.153. The molecule has 4 rings (SSSR count). The van der Waals surface area contributed by atoms with Gasteiger partial charge in [-0.25, -0.2) is 0 Å². The highest BCUT2D eigenvalue weighted by molar-refractivity contribution is 9.10. The van der Waals surface area contributed by atoms with Crippen molar-refractivity contribution in [2.45, 2.75) is 12.8 Å². The zero-order valence-corrected chi connectivity index (χ0v) is 13.1. The fraction of sp³-hybridized carbons (Fsp3) is 0.278. The molecule has 2 aromatic rings. The fourth-order valence-electron chi connectivity index (χ4n) is 3.61. The number of anilines is 1. The van der Waals surface area contributed by atoms with Crippen LogP contribution in [-0.4, -0.2) is 5.91 Å². The summed E-state index contributed by atoms with van der Waals surface area (Å²) in [7, 11) is 0. The van der Waals surface area contributed by atoms with E-state index in [2.05, 4.69) is 51.6 Å². The predicted octanol–water partition coefficient (Wildman–Crippen LogP) is 4.75. The highest BCUT2D eigenvalue weighted by Gasteiger charge is 2.39. The molecular weight excluding hydrogens is 326 g/mol. The molecule has 3 unspecified atom stereocenters. The molecule has 0 saturated heterocycles. The summed E-state index contributed by atoms with van der Waals surface area (Å²) in [5.74, 6) is 1.40. The van der Waals surface area contributed by atoms with E-state index in [9.17, 15) is 4.79 Å². The maximum absolute atomic E-state index is 12.4. The molecule has 21 heavy (non-hydrogen) atoms. The summed E-state index contributed by atoms with van der Waals surface area (Å²) in [5.41, 5.74) is 0.890. The minimum Gasteiger partial charge on any atom is -0.326 e. The lowest BCUT2D eigenvalue weighted by Crippen LogP contribution is -2.25. The second-order valence-corrected chi connectivity index (χ2v) is 7.00. The summed E-state index contributed by atoms with van der Waals surface area (Å²) in [6, 6.07) is 12.3. The van der Waals surface area contributed by atoms with Crippen LogP contribution in [-0.2, 0) is 4.79 Å². The number of rotatable bonds is 2. The van der Waals surface area contributed by atoms with Crippen molar-refractivity contribution < 1.29 is 4.79 Å². The topological polar surface area (TPSA) is 29.1 Å². The first-order valence-corrected chi connectivity index (χ1v) is 8.17. The molecule has 3 atom stereocenters. The summed E-state index contributed by atoms with van der Waals surface area (Å²) in [4.78, 5) is 12.4. The molecule has 0 spiro atoms. The third-order valence-corrected chi connectivity index (χ3v) is 5.18. The van der Waals surface area contributed by atoms with Crippen LogP contribution in [0.15, 0.2) is 53.0 Å². The number of hydrogen-bond acceptors (Lipinski definition) is 1. The van der Waals surface area contributed by atoms with Gasteiger partial charge in [-0.05, 0) is 59.7 Å². The number of carbonyl (C=O) groups excluding carboxylic acids is 1. The van der Waals surface area contributed by atoms with Crippen LogP contribution in [0, 0.1) is 17.8 Å². The number of benzene rings is 2. The van der Waals surface area contributed by atoms with E-state index >= 15 is 0 Å². The molecule has 2 nitrogen and oxygen atoms in total. The van der Waals surface area contributed by atoms with Gasteiger partial charge in [0.25, 0.3) is 0 Å². The average molecular weight is 342 g/mol. The highest BCUT2D eigenvalue weighted by atomic mass is 79.9. The number of hydrogen-bond donors (Lipinski definition) is 1. The van der Waals surface area contributed by atoms with Crippen molar-refractivity contribution >= 4 is 38.3 Å². The standard InChI is InChI=1S/C18H16BrNO/c19-15-5-3-13-10-16(6-4-12(13)9-15)20-18(21)17-8-11-1-2-14(17)7-11/h1-6,9-11,14,17H,7-8H2,(H,20,21). The van der Waals surface area contributed by atoms with Gasteiger partial charge in [0.15, 0.2) is 0 Å². The molecule has 1 fully saturated rings. The van der Waals surface area contributed by atoms with Crippen LogP contribution in [0.1, 0.15) is 12.8 Å². The van der Waals surface area contributed by atoms with Gasteiger partial charge in [-0.1, -0.05) is 40.2 Å². The summed E-state index contributed by atoms with van der Waals surface area (Å²) in [6.45, 7) is 0. The Labute approximate surface area is 132 Å². The largest absolute Gasteiger partial charge is 0.326 e. The Kier molecular flexibility index (Phi) is 3.11. The van der Waals surface area contributed by atoms with Crippen LogP contribution in [0.2, 0.25) is 0 Å². The first-order chi connectivity index (χ1) is 10.2. The molecule has 0 radical (unpaired) electrons. The fourth-order valence-corrected chi connectivity index (χ4v) is 3.99. The van der Waals surface area contributed by atoms with Crippen LogP contribution in [0.4, 0.5) is 5.69 Å². The first kappa shape index (κ1) is 13.1. The zero-order chi connectivity index (χ0) is 14.4. The van der Waals surface area contributed by atoms with E-state index < -0.39 is 0 Å². The van der Waals surface area contributed by atoms with Crippen LogP contribution >= 0.6 is 15.9 Å². The van der Waals surface area contributed by atoms with E-state index in [1.165, 1.54) is 5.39 Å². The van der Waals surface area contributed by atoms with Crippen LogP contribution < -0.4 is 5.32 Å². The van der Waals surface area contributed by atoms with Crippen LogP contribution in [0.25, 0.3) is 10.8 Å². The number of carbonyl (C=O) groups is 1. The smallest absolute Gasteiger partial charge is 0.228 e. The molecular formula is C18H16BrNO. The molecule has 2 aliphatic carbocycles. The van der Waals surface area contributed by atoms with Crippen molar-refractivity contribution in [3.63, 3.8) is 0 Å². The third kappa shape index (κ3) is 2.40. The van der Waals surface area contributed by atoms with Crippen molar-refractivity contribution in [2.24, 2.45) is 17.8 Å². The number of amides is 1. The van der Waals surface area contributed by atoms with E-state index in [1.54, 1.807) is 0 Å². The maximum Gasteiger partial charge on any atom is 0.228 e. The molecule has 3 heteroatoms. The van der Waals surface area contributed by atoms with Gasteiger partial charge in [-0.15, -0.1) is 0 Å². The molecule has 1 N–H and O–H groups in total. The van der Waals surface area contributed by atoms with Gasteiger partial charge in [0.1, 0.15) is 0 Å². The molecule has 106 valence electrons. The zero-order valence-electron chi connectivity index (χ0n) is 11.6. The summed E-state index contributed by atoms with van der Waals surface area (Å²) >= 11 is 3.48. The lowest BCUT2D eigenvalue weighted by molar-refractivity contribution is -0.120. The van der Waals surface area contributed by atoms with Gasteiger partial charge in [0.05, 0.1) is 0 Å². The third-order valence-electron chi connectivity index (χ3n) is 4.69. The van der Waals surface area contributed by atoms with E-state index in [-0.39, 0.29) is 11.8 Å². The Morgan fingerprint density at radius 3 is 2.62 bits per heavy atom. The summed E-state index contributed by atoms with van der Waals surface area (Å²) < 4.78 is 1.07. The van der Waals surface area contributed by atoms with Crippen LogP contribution in [0.3, 0.4) is 0 Å². The Balaban J connectivity index is 1.55. The van der Waals surface area contributed by atoms with E-state index in [1.807, 2.05) is 18.2 Å². The maximum atomic E-state index is 12.4. The van der Waals surface area contributed by atoms with Gasteiger partial charge < -0.3 is 5.32 Å². The quantitative estimate of drug-likeness (QED) is 0.784. The number of nitrogens with one attached hydrogen (secondary N) is 1.